The molecule has 0 saturated heterocycles. The molecule has 0 aromatic heterocycles. The summed E-state index contributed by atoms with van der Waals surface area (Å²) in [4.78, 5) is 12.0. The highest BCUT2D eigenvalue weighted by Gasteiger charge is 2.20. The van der Waals surface area contributed by atoms with Gasteiger partial charge in [0.15, 0.2) is 11.5 Å². The molecular weight excluding hydrogens is 348 g/mol. The van der Waals surface area contributed by atoms with Crippen LogP contribution in [-0.2, 0) is 9.68 Å². The molecule has 28 heavy (non-hydrogen) atoms. The van der Waals surface area contributed by atoms with Crippen molar-refractivity contribution in [3.63, 3.8) is 0 Å². The second-order valence-corrected chi connectivity index (χ2v) is 6.69. The number of rotatable bonds is 4. The number of hydrogen-bond donors (Lipinski definition) is 0. The highest BCUT2D eigenvalue weighted by atomic mass is 16.7. The van der Waals surface area contributed by atoms with Gasteiger partial charge in [0.25, 0.3) is 0 Å². The van der Waals surface area contributed by atoms with E-state index in [0.717, 1.165) is 47.1 Å². The van der Waals surface area contributed by atoms with E-state index in [2.05, 4.69) is 60.7 Å². The van der Waals surface area contributed by atoms with Gasteiger partial charge in [0, 0.05) is 11.1 Å². The molecule has 0 N–H and O–H groups in total. The standard InChI is InChI=1S/C24H20N2O2/c1-3-7-19(8-4-1)23-15-17-25(27-23)21-11-13-22(14-12-21)26-18-16-24(28-26)20-9-5-2-6-10-20/h1-16H,17-18H2. The normalized spacial score (nSPS) is 15.7. The van der Waals surface area contributed by atoms with E-state index in [0.29, 0.717) is 0 Å². The number of hydroxylamine groups is 2. The molecule has 3 aromatic carbocycles. The van der Waals surface area contributed by atoms with Crippen molar-refractivity contribution in [2.45, 2.75) is 0 Å². The van der Waals surface area contributed by atoms with E-state index in [4.69, 9.17) is 9.68 Å². The summed E-state index contributed by atoms with van der Waals surface area (Å²) in [6.45, 7) is 1.45. The summed E-state index contributed by atoms with van der Waals surface area (Å²) in [6.07, 6.45) is 4.20. The second kappa shape index (κ2) is 7.16. The fraction of sp³-hybridized carbons (Fsp3) is 0.0833. The average Bonchev–Trinajstić information content (AvgIpc) is 3.46. The first-order chi connectivity index (χ1) is 13.9. The van der Waals surface area contributed by atoms with Crippen LogP contribution in [0.5, 0.6) is 0 Å². The predicted molar refractivity (Wildman–Crippen MR) is 112 cm³/mol. The Labute approximate surface area is 164 Å². The monoisotopic (exact) mass is 368 g/mol. The topological polar surface area (TPSA) is 24.9 Å². The second-order valence-electron chi connectivity index (χ2n) is 6.69. The molecule has 2 aliphatic rings. The van der Waals surface area contributed by atoms with Gasteiger partial charge in [-0.15, -0.1) is 0 Å². The molecule has 0 spiro atoms. The van der Waals surface area contributed by atoms with Crippen LogP contribution in [0.3, 0.4) is 0 Å². The van der Waals surface area contributed by atoms with Crippen LogP contribution in [0.2, 0.25) is 0 Å². The minimum atomic E-state index is 0.726. The minimum absolute atomic E-state index is 0.726. The van der Waals surface area contributed by atoms with Crippen molar-refractivity contribution < 1.29 is 9.68 Å². The van der Waals surface area contributed by atoms with Crippen LogP contribution in [-0.4, -0.2) is 13.1 Å². The van der Waals surface area contributed by atoms with Crippen LogP contribution >= 0.6 is 0 Å². The lowest BCUT2D eigenvalue weighted by molar-refractivity contribution is 0.269. The summed E-state index contributed by atoms with van der Waals surface area (Å²) >= 11 is 0. The molecule has 0 aliphatic carbocycles. The first-order valence-corrected chi connectivity index (χ1v) is 9.39. The van der Waals surface area contributed by atoms with Gasteiger partial charge in [-0.2, -0.15) is 0 Å². The van der Waals surface area contributed by atoms with Crippen molar-refractivity contribution in [2.24, 2.45) is 0 Å². The van der Waals surface area contributed by atoms with E-state index in [1.54, 1.807) is 0 Å². The number of hydrogen-bond acceptors (Lipinski definition) is 4. The molecule has 138 valence electrons. The van der Waals surface area contributed by atoms with E-state index in [1.165, 1.54) is 0 Å². The van der Waals surface area contributed by atoms with Gasteiger partial charge >= 0.3 is 0 Å². The lowest BCUT2D eigenvalue weighted by Gasteiger charge is -2.21. The van der Waals surface area contributed by atoms with Gasteiger partial charge in [0.1, 0.15) is 0 Å². The first-order valence-electron chi connectivity index (χ1n) is 9.39. The van der Waals surface area contributed by atoms with E-state index in [1.807, 2.05) is 46.5 Å². The highest BCUT2D eigenvalue weighted by molar-refractivity contribution is 5.67. The average molecular weight is 368 g/mol. The summed E-state index contributed by atoms with van der Waals surface area (Å²) in [5.74, 6) is 1.79. The molecule has 0 amide bonds. The summed E-state index contributed by atoms with van der Waals surface area (Å²) in [5, 5.41) is 3.79. The van der Waals surface area contributed by atoms with E-state index >= 15 is 0 Å². The Morgan fingerprint density at radius 1 is 0.500 bits per heavy atom. The fourth-order valence-electron chi connectivity index (χ4n) is 3.37. The molecule has 2 aliphatic heterocycles. The van der Waals surface area contributed by atoms with Crippen LogP contribution in [0.4, 0.5) is 11.4 Å². The molecule has 0 atom stereocenters. The maximum atomic E-state index is 6.01. The van der Waals surface area contributed by atoms with Gasteiger partial charge in [-0.25, -0.2) is 10.1 Å². The zero-order valence-corrected chi connectivity index (χ0v) is 15.4. The van der Waals surface area contributed by atoms with Gasteiger partial charge in [0.05, 0.1) is 24.5 Å². The Bertz CT molecular complexity index is 927. The zero-order chi connectivity index (χ0) is 18.8. The first kappa shape index (κ1) is 16.5. The quantitative estimate of drug-likeness (QED) is 0.626. The Balaban J connectivity index is 1.24. The molecule has 0 radical (unpaired) electrons. The van der Waals surface area contributed by atoms with E-state index in [-0.39, 0.29) is 0 Å². The van der Waals surface area contributed by atoms with E-state index < -0.39 is 0 Å². The van der Waals surface area contributed by atoms with Gasteiger partial charge in [0.2, 0.25) is 0 Å². The molecule has 4 heteroatoms. The highest BCUT2D eigenvalue weighted by Crippen LogP contribution is 2.31. The molecule has 3 aromatic rings. The molecule has 0 bridgehead atoms. The van der Waals surface area contributed by atoms with Crippen molar-refractivity contribution in [2.75, 3.05) is 23.2 Å². The van der Waals surface area contributed by atoms with Crippen molar-refractivity contribution >= 4 is 22.9 Å². The van der Waals surface area contributed by atoms with Crippen molar-refractivity contribution in [1.82, 2.24) is 0 Å². The number of benzene rings is 3. The third-order valence-corrected chi connectivity index (χ3v) is 4.84. The lowest BCUT2D eigenvalue weighted by Crippen LogP contribution is -2.19. The Kier molecular flexibility index (Phi) is 4.22. The molecular formula is C24H20N2O2. The molecule has 4 nitrogen and oxygen atoms in total. The number of nitrogens with zero attached hydrogens (tertiary/aromatic N) is 2. The van der Waals surface area contributed by atoms with Crippen LogP contribution in [0.1, 0.15) is 11.1 Å². The number of anilines is 2. The lowest BCUT2D eigenvalue weighted by atomic mass is 10.2. The van der Waals surface area contributed by atoms with E-state index in [9.17, 15) is 0 Å². The van der Waals surface area contributed by atoms with Gasteiger partial charge in [-0.05, 0) is 36.4 Å². The molecule has 0 unspecified atom stereocenters. The van der Waals surface area contributed by atoms with Crippen molar-refractivity contribution in [3.8, 4) is 0 Å². The van der Waals surface area contributed by atoms with Crippen LogP contribution in [0, 0.1) is 0 Å². The summed E-state index contributed by atoms with van der Waals surface area (Å²) < 4.78 is 0. The van der Waals surface area contributed by atoms with Crippen molar-refractivity contribution in [3.05, 3.63) is 108 Å². The minimum Gasteiger partial charge on any atom is -0.379 e. The molecule has 5 rings (SSSR count). The fourth-order valence-corrected chi connectivity index (χ4v) is 3.37. The third kappa shape index (κ3) is 3.21. The smallest absolute Gasteiger partial charge is 0.160 e. The van der Waals surface area contributed by atoms with Crippen molar-refractivity contribution in [1.29, 1.82) is 0 Å². The van der Waals surface area contributed by atoms with Crippen LogP contribution in [0.15, 0.2) is 97.1 Å². The molecule has 2 heterocycles. The van der Waals surface area contributed by atoms with Gasteiger partial charge < -0.3 is 9.68 Å². The third-order valence-electron chi connectivity index (χ3n) is 4.84. The predicted octanol–water partition coefficient (Wildman–Crippen LogP) is 5.27. The summed E-state index contributed by atoms with van der Waals surface area (Å²) in [7, 11) is 0. The largest absolute Gasteiger partial charge is 0.379 e. The summed E-state index contributed by atoms with van der Waals surface area (Å²) in [5.41, 5.74) is 4.21. The molecule has 0 saturated carbocycles. The Hall–Kier alpha value is -3.66. The molecule has 0 fully saturated rings. The maximum absolute atomic E-state index is 6.01. The van der Waals surface area contributed by atoms with Crippen LogP contribution < -0.4 is 10.1 Å². The Morgan fingerprint density at radius 3 is 1.29 bits per heavy atom. The van der Waals surface area contributed by atoms with Gasteiger partial charge in [-0.1, -0.05) is 60.7 Å². The Morgan fingerprint density at radius 2 is 0.893 bits per heavy atom. The zero-order valence-electron chi connectivity index (χ0n) is 15.4. The SMILES string of the molecule is C1=C(c2ccccc2)ON(c2ccc(N3CC=C(c4ccccc4)O3)cc2)C1. The maximum Gasteiger partial charge on any atom is 0.160 e. The van der Waals surface area contributed by atoms with Crippen LogP contribution in [0.25, 0.3) is 11.5 Å². The summed E-state index contributed by atoms with van der Waals surface area (Å²) in [6, 6.07) is 28.5. The van der Waals surface area contributed by atoms with Gasteiger partial charge in [-0.3, -0.25) is 0 Å².